The number of methoxy groups -OCH3 is 1. The van der Waals surface area contributed by atoms with Crippen molar-refractivity contribution in [2.75, 3.05) is 19.0 Å². The van der Waals surface area contributed by atoms with Crippen molar-refractivity contribution in [2.24, 2.45) is 0 Å². The minimum absolute atomic E-state index is 0.0206. The first-order chi connectivity index (χ1) is 8.45. The Morgan fingerprint density at radius 3 is 2.83 bits per heavy atom. The molecule has 0 saturated carbocycles. The van der Waals surface area contributed by atoms with E-state index >= 15 is 0 Å². The third-order valence-corrected chi connectivity index (χ3v) is 3.03. The topological polar surface area (TPSA) is 64.6 Å². The summed E-state index contributed by atoms with van der Waals surface area (Å²) < 4.78 is 10.0. The van der Waals surface area contributed by atoms with Crippen molar-refractivity contribution in [3.05, 3.63) is 23.8 Å². The maximum atomic E-state index is 11.7. The summed E-state index contributed by atoms with van der Waals surface area (Å²) in [5.74, 6) is 0.0834. The molecule has 1 aliphatic rings. The van der Waals surface area contributed by atoms with Gasteiger partial charge in [0.2, 0.25) is 0 Å². The molecule has 0 radical (unpaired) electrons. The summed E-state index contributed by atoms with van der Waals surface area (Å²) in [5, 5.41) is 2.71. The van der Waals surface area contributed by atoms with Gasteiger partial charge in [-0.3, -0.25) is 9.59 Å². The lowest BCUT2D eigenvalue weighted by Crippen LogP contribution is -2.31. The highest BCUT2D eigenvalue weighted by atomic mass is 16.5. The van der Waals surface area contributed by atoms with E-state index in [9.17, 15) is 9.59 Å². The molecule has 0 bridgehead atoms. The number of nitrogens with one attached hydrogen (secondary N) is 1. The predicted molar refractivity (Wildman–Crippen MR) is 65.6 cm³/mol. The van der Waals surface area contributed by atoms with Crippen LogP contribution in [-0.4, -0.2) is 25.6 Å². The number of fused-ring (bicyclic) bond motifs is 1. The van der Waals surface area contributed by atoms with E-state index in [4.69, 9.17) is 9.47 Å². The molecular weight excluding hydrogens is 234 g/mol. The van der Waals surface area contributed by atoms with Crippen molar-refractivity contribution < 1.29 is 19.1 Å². The van der Waals surface area contributed by atoms with Gasteiger partial charge in [-0.15, -0.1) is 0 Å². The Labute approximate surface area is 105 Å². The van der Waals surface area contributed by atoms with E-state index < -0.39 is 5.41 Å². The van der Waals surface area contributed by atoms with Gasteiger partial charge in [-0.05, 0) is 31.5 Å². The SMILES string of the molecule is COC(=O)C(C)(C)c1ccc2c(c1)NC(=O)CO2. The van der Waals surface area contributed by atoms with Crippen molar-refractivity contribution in [2.45, 2.75) is 19.3 Å². The minimum atomic E-state index is -0.772. The van der Waals surface area contributed by atoms with Crippen LogP contribution < -0.4 is 10.1 Å². The maximum Gasteiger partial charge on any atom is 0.315 e. The molecule has 1 aromatic rings. The van der Waals surface area contributed by atoms with E-state index in [2.05, 4.69) is 5.32 Å². The number of carbonyl (C=O) groups excluding carboxylic acids is 2. The monoisotopic (exact) mass is 249 g/mol. The molecule has 0 aliphatic carbocycles. The molecule has 0 aromatic heterocycles. The van der Waals surface area contributed by atoms with E-state index in [-0.39, 0.29) is 18.5 Å². The molecule has 1 aromatic carbocycles. The van der Waals surface area contributed by atoms with Gasteiger partial charge < -0.3 is 14.8 Å². The Hall–Kier alpha value is -2.04. The smallest absolute Gasteiger partial charge is 0.315 e. The Morgan fingerprint density at radius 1 is 1.44 bits per heavy atom. The largest absolute Gasteiger partial charge is 0.482 e. The zero-order valence-corrected chi connectivity index (χ0v) is 10.6. The fraction of sp³-hybridized carbons (Fsp3) is 0.385. The van der Waals surface area contributed by atoms with E-state index in [0.717, 1.165) is 5.56 Å². The average molecular weight is 249 g/mol. The Balaban J connectivity index is 2.39. The summed E-state index contributed by atoms with van der Waals surface area (Å²) in [6.45, 7) is 3.56. The summed E-state index contributed by atoms with van der Waals surface area (Å²) in [7, 11) is 1.35. The first-order valence-corrected chi connectivity index (χ1v) is 5.61. The fourth-order valence-corrected chi connectivity index (χ4v) is 1.84. The molecule has 18 heavy (non-hydrogen) atoms. The van der Waals surface area contributed by atoms with Gasteiger partial charge in [0, 0.05) is 0 Å². The third kappa shape index (κ3) is 2.03. The van der Waals surface area contributed by atoms with Crippen LogP contribution in [0.15, 0.2) is 18.2 Å². The number of anilines is 1. The van der Waals surface area contributed by atoms with E-state index in [1.807, 2.05) is 0 Å². The van der Waals surface area contributed by atoms with Crippen LogP contribution in [0, 0.1) is 0 Å². The average Bonchev–Trinajstić information content (AvgIpc) is 2.36. The van der Waals surface area contributed by atoms with Gasteiger partial charge >= 0.3 is 5.97 Å². The van der Waals surface area contributed by atoms with Crippen LogP contribution >= 0.6 is 0 Å². The van der Waals surface area contributed by atoms with Crippen LogP contribution in [-0.2, 0) is 19.7 Å². The molecule has 1 aliphatic heterocycles. The molecule has 0 spiro atoms. The minimum Gasteiger partial charge on any atom is -0.482 e. The molecule has 5 heteroatoms. The number of ether oxygens (including phenoxy) is 2. The molecule has 1 N–H and O–H groups in total. The molecule has 0 fully saturated rings. The summed E-state index contributed by atoms with van der Waals surface area (Å²) in [4.78, 5) is 23.0. The Morgan fingerprint density at radius 2 is 2.17 bits per heavy atom. The van der Waals surface area contributed by atoms with Gasteiger partial charge in [-0.25, -0.2) is 0 Å². The van der Waals surface area contributed by atoms with Crippen LogP contribution in [0.3, 0.4) is 0 Å². The molecule has 1 heterocycles. The molecule has 96 valence electrons. The highest BCUT2D eigenvalue weighted by molar-refractivity contribution is 5.95. The summed E-state index contributed by atoms with van der Waals surface area (Å²) >= 11 is 0. The standard InChI is InChI=1S/C13H15NO4/c1-13(2,12(16)17-3)8-4-5-10-9(6-8)14-11(15)7-18-10/h4-6H,7H2,1-3H3,(H,14,15). The van der Waals surface area contributed by atoms with Gasteiger partial charge in [0.05, 0.1) is 18.2 Å². The van der Waals surface area contributed by atoms with Gasteiger partial charge in [0.25, 0.3) is 5.91 Å². The fourth-order valence-electron chi connectivity index (χ4n) is 1.84. The van der Waals surface area contributed by atoms with E-state index in [0.29, 0.717) is 11.4 Å². The van der Waals surface area contributed by atoms with Crippen LogP contribution in [0.1, 0.15) is 19.4 Å². The van der Waals surface area contributed by atoms with E-state index in [1.165, 1.54) is 7.11 Å². The highest BCUT2D eigenvalue weighted by Crippen LogP contribution is 2.33. The van der Waals surface area contributed by atoms with Crippen LogP contribution in [0.2, 0.25) is 0 Å². The van der Waals surface area contributed by atoms with Crippen molar-refractivity contribution in [3.8, 4) is 5.75 Å². The van der Waals surface area contributed by atoms with Crippen molar-refractivity contribution in [1.29, 1.82) is 0 Å². The van der Waals surface area contributed by atoms with Crippen LogP contribution in [0.25, 0.3) is 0 Å². The second-order valence-corrected chi connectivity index (χ2v) is 4.66. The molecule has 0 saturated heterocycles. The maximum absolute atomic E-state index is 11.7. The van der Waals surface area contributed by atoms with Crippen LogP contribution in [0.4, 0.5) is 5.69 Å². The lowest BCUT2D eigenvalue weighted by Gasteiger charge is -2.25. The number of hydrogen-bond donors (Lipinski definition) is 1. The van der Waals surface area contributed by atoms with Gasteiger partial charge in [0.1, 0.15) is 5.75 Å². The van der Waals surface area contributed by atoms with E-state index in [1.54, 1.807) is 32.0 Å². The molecule has 5 nitrogen and oxygen atoms in total. The lowest BCUT2D eigenvalue weighted by atomic mass is 9.84. The Kier molecular flexibility index (Phi) is 2.98. The van der Waals surface area contributed by atoms with Gasteiger partial charge in [0.15, 0.2) is 6.61 Å². The first-order valence-electron chi connectivity index (χ1n) is 5.61. The van der Waals surface area contributed by atoms with Gasteiger partial charge in [-0.2, -0.15) is 0 Å². The zero-order valence-electron chi connectivity index (χ0n) is 10.6. The lowest BCUT2D eigenvalue weighted by molar-refractivity contribution is -0.146. The quantitative estimate of drug-likeness (QED) is 0.806. The molecule has 2 rings (SSSR count). The summed E-state index contributed by atoms with van der Waals surface area (Å²) in [6, 6.07) is 5.28. The highest BCUT2D eigenvalue weighted by Gasteiger charge is 2.32. The van der Waals surface area contributed by atoms with Gasteiger partial charge in [-0.1, -0.05) is 6.07 Å². The Bertz CT molecular complexity index is 508. The van der Waals surface area contributed by atoms with Crippen LogP contribution in [0.5, 0.6) is 5.75 Å². The second kappa shape index (κ2) is 4.33. The number of amides is 1. The first kappa shape index (κ1) is 12.4. The number of benzene rings is 1. The zero-order chi connectivity index (χ0) is 13.3. The predicted octanol–water partition coefficient (Wildman–Crippen LogP) is 1.47. The van der Waals surface area contributed by atoms with Crippen molar-refractivity contribution in [1.82, 2.24) is 0 Å². The van der Waals surface area contributed by atoms with Crippen molar-refractivity contribution in [3.63, 3.8) is 0 Å². The second-order valence-electron chi connectivity index (χ2n) is 4.66. The number of esters is 1. The number of carbonyl (C=O) groups is 2. The summed E-state index contributed by atoms with van der Waals surface area (Å²) in [6.07, 6.45) is 0. The van der Waals surface area contributed by atoms with Crippen molar-refractivity contribution >= 4 is 17.6 Å². The number of hydrogen-bond acceptors (Lipinski definition) is 4. The third-order valence-electron chi connectivity index (χ3n) is 3.03. The molecule has 0 unspecified atom stereocenters. The number of rotatable bonds is 2. The summed E-state index contributed by atoms with van der Waals surface area (Å²) in [5.41, 5.74) is 0.575. The molecule has 0 atom stereocenters. The normalized spacial score (nSPS) is 14.3. The molecular formula is C13H15NO4. The molecule has 1 amide bonds.